The van der Waals surface area contributed by atoms with E-state index >= 15 is 0 Å². The van der Waals surface area contributed by atoms with Gasteiger partial charge < -0.3 is 15.0 Å². The molecule has 2 aromatic carbocycles. The van der Waals surface area contributed by atoms with E-state index in [1.807, 2.05) is 42.2 Å². The van der Waals surface area contributed by atoms with E-state index in [4.69, 9.17) is 4.74 Å². The van der Waals surface area contributed by atoms with E-state index in [0.29, 0.717) is 26.3 Å². The van der Waals surface area contributed by atoms with Crippen molar-refractivity contribution < 1.29 is 9.53 Å². The van der Waals surface area contributed by atoms with Gasteiger partial charge in [0.15, 0.2) is 0 Å². The second kappa shape index (κ2) is 9.98. The number of aromatic nitrogens is 1. The van der Waals surface area contributed by atoms with Gasteiger partial charge in [0.25, 0.3) is 0 Å². The fraction of sp³-hybridized carbons (Fsp3) is 0.333. The molecule has 1 amide bonds. The lowest BCUT2D eigenvalue weighted by Crippen LogP contribution is -2.46. The van der Waals surface area contributed by atoms with Gasteiger partial charge in [-0.1, -0.05) is 54.6 Å². The van der Waals surface area contributed by atoms with Crippen LogP contribution >= 0.6 is 11.3 Å². The Balaban J connectivity index is 1.39. The van der Waals surface area contributed by atoms with Crippen LogP contribution in [0.3, 0.4) is 0 Å². The Kier molecular flexibility index (Phi) is 6.89. The maximum Gasteiger partial charge on any atom is 0.244 e. The van der Waals surface area contributed by atoms with Crippen molar-refractivity contribution in [3.05, 3.63) is 76.1 Å². The molecule has 1 unspecified atom stereocenters. The molecule has 3 aromatic rings. The molecule has 1 fully saturated rings. The summed E-state index contributed by atoms with van der Waals surface area (Å²) in [5.41, 5.74) is 4.41. The number of hydrogen-bond acceptors (Lipinski definition) is 5. The number of ether oxygens (including phenoxy) is 1. The van der Waals surface area contributed by atoms with Gasteiger partial charge in [0.05, 0.1) is 23.9 Å². The molecule has 1 aliphatic rings. The number of nitrogens with one attached hydrogen (secondary N) is 1. The van der Waals surface area contributed by atoms with Crippen molar-refractivity contribution in [2.75, 3.05) is 32.8 Å². The fourth-order valence-corrected chi connectivity index (χ4v) is 4.28. The van der Waals surface area contributed by atoms with E-state index in [9.17, 15) is 4.79 Å². The Morgan fingerprint density at radius 3 is 2.53 bits per heavy atom. The van der Waals surface area contributed by atoms with Crippen LogP contribution in [0.4, 0.5) is 0 Å². The first-order chi connectivity index (χ1) is 14.7. The Hall–Kier alpha value is -2.54. The second-order valence-corrected chi connectivity index (χ2v) is 8.50. The minimum atomic E-state index is -0.332. The SMILES string of the molecule is Cc1nc(-c2ccc(CCNC(C(=O)N3CCOCC3)c3ccccc3)cc2)cs1. The molecular formula is C24H27N3O2S. The van der Waals surface area contributed by atoms with Crippen LogP contribution in [0.2, 0.25) is 0 Å². The van der Waals surface area contributed by atoms with Gasteiger partial charge in [0, 0.05) is 30.6 Å². The lowest BCUT2D eigenvalue weighted by Gasteiger charge is -2.31. The Morgan fingerprint density at radius 1 is 1.13 bits per heavy atom. The van der Waals surface area contributed by atoms with Gasteiger partial charge in [-0.2, -0.15) is 0 Å². The van der Waals surface area contributed by atoms with Crippen LogP contribution in [0.5, 0.6) is 0 Å². The number of benzene rings is 2. The molecule has 2 heterocycles. The first-order valence-corrected chi connectivity index (χ1v) is 11.2. The van der Waals surface area contributed by atoms with E-state index in [0.717, 1.165) is 34.8 Å². The van der Waals surface area contributed by atoms with Gasteiger partial charge >= 0.3 is 0 Å². The molecule has 5 nitrogen and oxygen atoms in total. The lowest BCUT2D eigenvalue weighted by molar-refractivity contribution is -0.137. The Morgan fingerprint density at radius 2 is 1.87 bits per heavy atom. The quantitative estimate of drug-likeness (QED) is 0.630. The molecule has 0 spiro atoms. The van der Waals surface area contributed by atoms with Gasteiger partial charge in [-0.3, -0.25) is 4.79 Å². The number of thiazole rings is 1. The van der Waals surface area contributed by atoms with Crippen LogP contribution in [0.15, 0.2) is 60.0 Å². The highest BCUT2D eigenvalue weighted by atomic mass is 32.1. The maximum atomic E-state index is 13.1. The Labute approximate surface area is 181 Å². The summed E-state index contributed by atoms with van der Waals surface area (Å²) in [4.78, 5) is 19.6. The van der Waals surface area contributed by atoms with Crippen molar-refractivity contribution in [3.8, 4) is 11.3 Å². The molecule has 0 aliphatic carbocycles. The van der Waals surface area contributed by atoms with Crippen LogP contribution in [0.25, 0.3) is 11.3 Å². The molecule has 1 atom stereocenters. The highest BCUT2D eigenvalue weighted by Gasteiger charge is 2.26. The summed E-state index contributed by atoms with van der Waals surface area (Å²) in [7, 11) is 0. The number of carbonyl (C=O) groups excluding carboxylic acids is 1. The van der Waals surface area contributed by atoms with Gasteiger partial charge in [-0.15, -0.1) is 11.3 Å². The monoisotopic (exact) mass is 421 g/mol. The number of rotatable bonds is 7. The van der Waals surface area contributed by atoms with Crippen LogP contribution in [-0.2, 0) is 16.0 Å². The molecular weight excluding hydrogens is 394 g/mol. The molecule has 0 radical (unpaired) electrons. The van der Waals surface area contributed by atoms with Crippen molar-refractivity contribution in [3.63, 3.8) is 0 Å². The summed E-state index contributed by atoms with van der Waals surface area (Å²) in [6, 6.07) is 18.2. The highest BCUT2D eigenvalue weighted by molar-refractivity contribution is 7.09. The zero-order valence-electron chi connectivity index (χ0n) is 17.2. The van der Waals surface area contributed by atoms with E-state index in [1.54, 1.807) is 11.3 Å². The number of aryl methyl sites for hydroxylation is 1. The maximum absolute atomic E-state index is 13.1. The molecule has 1 aromatic heterocycles. The lowest BCUT2D eigenvalue weighted by atomic mass is 10.0. The molecule has 1 saturated heterocycles. The predicted molar refractivity (Wildman–Crippen MR) is 121 cm³/mol. The first-order valence-electron chi connectivity index (χ1n) is 10.4. The predicted octanol–water partition coefficient (Wildman–Crippen LogP) is 3.85. The van der Waals surface area contributed by atoms with Crippen molar-refractivity contribution >= 4 is 17.2 Å². The summed E-state index contributed by atoms with van der Waals surface area (Å²) in [5, 5.41) is 6.66. The smallest absolute Gasteiger partial charge is 0.244 e. The van der Waals surface area contributed by atoms with Gasteiger partial charge in [0.1, 0.15) is 6.04 Å². The third-order valence-electron chi connectivity index (χ3n) is 5.33. The largest absolute Gasteiger partial charge is 0.378 e. The number of nitrogens with zero attached hydrogens (tertiary/aromatic N) is 2. The number of amides is 1. The Bertz CT molecular complexity index is 950. The molecule has 1 N–H and O–H groups in total. The van der Waals surface area contributed by atoms with E-state index < -0.39 is 0 Å². The molecule has 6 heteroatoms. The zero-order chi connectivity index (χ0) is 20.8. The topological polar surface area (TPSA) is 54.5 Å². The molecule has 30 heavy (non-hydrogen) atoms. The fourth-order valence-electron chi connectivity index (χ4n) is 3.66. The van der Waals surface area contributed by atoms with Crippen molar-refractivity contribution in [2.45, 2.75) is 19.4 Å². The first kappa shape index (κ1) is 20.7. The minimum absolute atomic E-state index is 0.124. The zero-order valence-corrected chi connectivity index (χ0v) is 18.0. The molecule has 0 saturated carbocycles. The summed E-state index contributed by atoms with van der Waals surface area (Å²) >= 11 is 1.67. The van der Waals surface area contributed by atoms with Crippen molar-refractivity contribution in [1.29, 1.82) is 0 Å². The van der Waals surface area contributed by atoms with Gasteiger partial charge in [-0.25, -0.2) is 4.98 Å². The van der Waals surface area contributed by atoms with Crippen LogP contribution in [0, 0.1) is 6.92 Å². The van der Waals surface area contributed by atoms with Crippen LogP contribution in [-0.4, -0.2) is 48.6 Å². The average Bonchev–Trinajstić information content (AvgIpc) is 3.24. The van der Waals surface area contributed by atoms with Crippen LogP contribution in [0.1, 0.15) is 22.2 Å². The second-order valence-electron chi connectivity index (χ2n) is 7.43. The molecule has 4 rings (SSSR count). The number of hydrogen-bond donors (Lipinski definition) is 1. The van der Waals surface area contributed by atoms with Crippen molar-refractivity contribution in [1.82, 2.24) is 15.2 Å². The summed E-state index contributed by atoms with van der Waals surface area (Å²) in [6.45, 7) is 5.28. The van der Waals surface area contributed by atoms with Crippen molar-refractivity contribution in [2.24, 2.45) is 0 Å². The van der Waals surface area contributed by atoms with Crippen LogP contribution < -0.4 is 5.32 Å². The third kappa shape index (κ3) is 5.14. The van der Waals surface area contributed by atoms with Gasteiger partial charge in [-0.05, 0) is 24.5 Å². The summed E-state index contributed by atoms with van der Waals surface area (Å²) in [6.07, 6.45) is 0.857. The summed E-state index contributed by atoms with van der Waals surface area (Å²) < 4.78 is 5.40. The van der Waals surface area contributed by atoms with E-state index in [-0.39, 0.29) is 11.9 Å². The molecule has 1 aliphatic heterocycles. The standard InChI is InChI=1S/C24H27N3O2S/c1-18-26-22(17-30-18)20-9-7-19(8-10-20)11-12-25-23(21-5-3-2-4-6-21)24(28)27-13-15-29-16-14-27/h2-10,17,23,25H,11-16H2,1H3. The molecule has 156 valence electrons. The minimum Gasteiger partial charge on any atom is -0.378 e. The number of carbonyl (C=O) groups is 1. The normalized spacial score (nSPS) is 15.2. The molecule has 0 bridgehead atoms. The van der Waals surface area contributed by atoms with E-state index in [2.05, 4.69) is 39.9 Å². The average molecular weight is 422 g/mol. The number of morpholine rings is 1. The van der Waals surface area contributed by atoms with Gasteiger partial charge in [0.2, 0.25) is 5.91 Å². The summed E-state index contributed by atoms with van der Waals surface area (Å²) in [5.74, 6) is 0.124. The van der Waals surface area contributed by atoms with E-state index in [1.165, 1.54) is 5.56 Å². The third-order valence-corrected chi connectivity index (χ3v) is 6.11. The highest BCUT2D eigenvalue weighted by Crippen LogP contribution is 2.22.